The monoisotopic (exact) mass is 251 g/mol. The quantitative estimate of drug-likeness (QED) is 0.824. The topological polar surface area (TPSA) is 84.3 Å². The third kappa shape index (κ3) is 2.37. The lowest BCUT2D eigenvalue weighted by Crippen LogP contribution is -2.46. The lowest BCUT2D eigenvalue weighted by Gasteiger charge is -2.26. The second kappa shape index (κ2) is 4.44. The summed E-state index contributed by atoms with van der Waals surface area (Å²) in [6, 6.07) is 1.69. The van der Waals surface area contributed by atoms with Gasteiger partial charge in [0, 0.05) is 11.8 Å². The highest BCUT2D eigenvalue weighted by molar-refractivity contribution is 5.82. The zero-order chi connectivity index (χ0) is 13.3. The number of nitrogens with zero attached hydrogens (tertiary/aromatic N) is 2. The standard InChI is InChI=1S/C12H17N3O3/c1-7-6-9(18-3)14-11(13-7)15-12(2,10(16)17)8-4-5-8/h6,8H,4-5H2,1-3H3,(H,16,17)(H,13,14,15). The highest BCUT2D eigenvalue weighted by Gasteiger charge is 2.48. The fourth-order valence-corrected chi connectivity index (χ4v) is 1.92. The molecule has 1 unspecified atom stereocenters. The van der Waals surface area contributed by atoms with E-state index in [1.807, 2.05) is 6.92 Å². The highest BCUT2D eigenvalue weighted by Crippen LogP contribution is 2.41. The SMILES string of the molecule is COc1cc(C)nc(NC(C)(C(=O)O)C2CC2)n1. The van der Waals surface area contributed by atoms with Crippen LogP contribution in [-0.4, -0.2) is 33.7 Å². The third-order valence-corrected chi connectivity index (χ3v) is 3.25. The van der Waals surface area contributed by atoms with Gasteiger partial charge in [0.1, 0.15) is 5.54 Å². The molecule has 6 heteroatoms. The van der Waals surface area contributed by atoms with Crippen molar-refractivity contribution >= 4 is 11.9 Å². The molecule has 6 nitrogen and oxygen atoms in total. The van der Waals surface area contributed by atoms with Crippen molar-refractivity contribution in [2.75, 3.05) is 12.4 Å². The van der Waals surface area contributed by atoms with Crippen molar-refractivity contribution in [2.45, 2.75) is 32.2 Å². The van der Waals surface area contributed by atoms with E-state index in [0.717, 1.165) is 18.5 Å². The normalized spacial score (nSPS) is 17.9. The fourth-order valence-electron chi connectivity index (χ4n) is 1.92. The molecule has 98 valence electrons. The maximum absolute atomic E-state index is 11.4. The van der Waals surface area contributed by atoms with Crippen LogP contribution < -0.4 is 10.1 Å². The van der Waals surface area contributed by atoms with Crippen LogP contribution in [0.5, 0.6) is 5.88 Å². The molecule has 2 rings (SSSR count). The van der Waals surface area contributed by atoms with Crippen molar-refractivity contribution in [3.05, 3.63) is 11.8 Å². The number of carboxylic acids is 1. The second-order valence-electron chi connectivity index (χ2n) is 4.78. The molecule has 0 spiro atoms. The van der Waals surface area contributed by atoms with E-state index < -0.39 is 11.5 Å². The highest BCUT2D eigenvalue weighted by atomic mass is 16.5. The van der Waals surface area contributed by atoms with E-state index in [4.69, 9.17) is 4.74 Å². The number of anilines is 1. The maximum Gasteiger partial charge on any atom is 0.329 e. The average molecular weight is 251 g/mol. The summed E-state index contributed by atoms with van der Waals surface area (Å²) < 4.78 is 5.05. The minimum Gasteiger partial charge on any atom is -0.481 e. The zero-order valence-electron chi connectivity index (χ0n) is 10.7. The number of ether oxygens (including phenoxy) is 1. The van der Waals surface area contributed by atoms with Crippen molar-refractivity contribution in [1.82, 2.24) is 9.97 Å². The molecule has 1 saturated carbocycles. The summed E-state index contributed by atoms with van der Waals surface area (Å²) in [5.41, 5.74) is -0.286. The van der Waals surface area contributed by atoms with E-state index >= 15 is 0 Å². The number of nitrogens with one attached hydrogen (secondary N) is 1. The number of aryl methyl sites for hydroxylation is 1. The number of carboxylic acid groups (broad SMARTS) is 1. The van der Waals surface area contributed by atoms with E-state index in [-0.39, 0.29) is 5.92 Å². The first-order chi connectivity index (χ1) is 8.45. The molecule has 18 heavy (non-hydrogen) atoms. The molecule has 0 aliphatic heterocycles. The van der Waals surface area contributed by atoms with Crippen LogP contribution >= 0.6 is 0 Å². The third-order valence-electron chi connectivity index (χ3n) is 3.25. The Kier molecular flexibility index (Phi) is 3.11. The van der Waals surface area contributed by atoms with Gasteiger partial charge in [0.05, 0.1) is 7.11 Å². The first-order valence-corrected chi connectivity index (χ1v) is 5.87. The van der Waals surface area contributed by atoms with Gasteiger partial charge in [0.25, 0.3) is 0 Å². The zero-order valence-corrected chi connectivity index (χ0v) is 10.7. The maximum atomic E-state index is 11.4. The molecule has 1 heterocycles. The van der Waals surface area contributed by atoms with Crippen LogP contribution in [0.3, 0.4) is 0 Å². The Balaban J connectivity index is 2.26. The summed E-state index contributed by atoms with van der Waals surface area (Å²) >= 11 is 0. The predicted molar refractivity (Wildman–Crippen MR) is 65.7 cm³/mol. The van der Waals surface area contributed by atoms with Crippen LogP contribution in [0.15, 0.2) is 6.07 Å². The van der Waals surface area contributed by atoms with Gasteiger partial charge in [-0.05, 0) is 32.6 Å². The Morgan fingerprint density at radius 2 is 2.22 bits per heavy atom. The van der Waals surface area contributed by atoms with Crippen molar-refractivity contribution in [3.8, 4) is 5.88 Å². The lowest BCUT2D eigenvalue weighted by atomic mass is 9.96. The van der Waals surface area contributed by atoms with Gasteiger partial charge in [-0.3, -0.25) is 0 Å². The molecule has 0 aromatic carbocycles. The summed E-state index contributed by atoms with van der Waals surface area (Å²) in [6.07, 6.45) is 1.83. The molecule has 1 aliphatic rings. The Labute approximate surface area is 105 Å². The molecule has 2 N–H and O–H groups in total. The minimum absolute atomic E-state index is 0.130. The molecule has 1 fully saturated rings. The molecule has 0 radical (unpaired) electrons. The van der Waals surface area contributed by atoms with Crippen LogP contribution in [0.4, 0.5) is 5.95 Å². The average Bonchev–Trinajstić information content (AvgIpc) is 3.11. The first kappa shape index (κ1) is 12.6. The van der Waals surface area contributed by atoms with Crippen molar-refractivity contribution < 1.29 is 14.6 Å². The number of rotatable bonds is 5. The molecule has 0 saturated heterocycles. The van der Waals surface area contributed by atoms with E-state index in [9.17, 15) is 9.90 Å². The fraction of sp³-hybridized carbons (Fsp3) is 0.583. The molecule has 0 amide bonds. The van der Waals surface area contributed by atoms with E-state index in [1.54, 1.807) is 13.0 Å². The van der Waals surface area contributed by atoms with Crippen molar-refractivity contribution in [3.63, 3.8) is 0 Å². The molecule has 1 atom stereocenters. The Hall–Kier alpha value is -1.85. The summed E-state index contributed by atoms with van der Waals surface area (Å²) in [5.74, 6) is -0.0311. The van der Waals surface area contributed by atoms with Gasteiger partial charge in [-0.25, -0.2) is 9.78 Å². The number of hydrogen-bond acceptors (Lipinski definition) is 5. The van der Waals surface area contributed by atoms with Gasteiger partial charge in [-0.1, -0.05) is 0 Å². The summed E-state index contributed by atoms with van der Waals surface area (Å²) in [6.45, 7) is 3.48. The molecule has 1 aliphatic carbocycles. The Morgan fingerprint density at radius 3 is 2.72 bits per heavy atom. The van der Waals surface area contributed by atoms with Crippen LogP contribution in [0.25, 0.3) is 0 Å². The van der Waals surface area contributed by atoms with Gasteiger partial charge in [0.2, 0.25) is 11.8 Å². The van der Waals surface area contributed by atoms with E-state index in [0.29, 0.717) is 11.8 Å². The number of hydrogen-bond donors (Lipinski definition) is 2. The molecular formula is C12H17N3O3. The van der Waals surface area contributed by atoms with Crippen molar-refractivity contribution in [1.29, 1.82) is 0 Å². The molecule has 0 bridgehead atoms. The van der Waals surface area contributed by atoms with Crippen LogP contribution in [-0.2, 0) is 4.79 Å². The molecule has 1 aromatic heterocycles. The van der Waals surface area contributed by atoms with Gasteiger partial charge < -0.3 is 15.2 Å². The number of methoxy groups -OCH3 is 1. The number of aromatic nitrogens is 2. The van der Waals surface area contributed by atoms with Gasteiger partial charge in [-0.2, -0.15) is 4.98 Å². The smallest absolute Gasteiger partial charge is 0.329 e. The number of aliphatic carboxylic acids is 1. The van der Waals surface area contributed by atoms with Crippen LogP contribution in [0, 0.1) is 12.8 Å². The summed E-state index contributed by atoms with van der Waals surface area (Å²) in [5, 5.41) is 12.3. The Bertz CT molecular complexity index is 474. The van der Waals surface area contributed by atoms with Crippen LogP contribution in [0.2, 0.25) is 0 Å². The van der Waals surface area contributed by atoms with E-state index in [1.165, 1.54) is 7.11 Å². The first-order valence-electron chi connectivity index (χ1n) is 5.87. The van der Waals surface area contributed by atoms with Crippen LogP contribution in [0.1, 0.15) is 25.5 Å². The van der Waals surface area contributed by atoms with Crippen molar-refractivity contribution in [2.24, 2.45) is 5.92 Å². The summed E-state index contributed by atoms with van der Waals surface area (Å²) in [7, 11) is 1.52. The molecule has 1 aromatic rings. The summed E-state index contributed by atoms with van der Waals surface area (Å²) in [4.78, 5) is 19.7. The van der Waals surface area contributed by atoms with Gasteiger partial charge >= 0.3 is 5.97 Å². The minimum atomic E-state index is -1.02. The predicted octanol–water partition coefficient (Wildman–Crippen LogP) is 1.46. The second-order valence-corrected chi connectivity index (χ2v) is 4.78. The van der Waals surface area contributed by atoms with E-state index in [2.05, 4.69) is 15.3 Å². The largest absolute Gasteiger partial charge is 0.481 e. The lowest BCUT2D eigenvalue weighted by molar-refractivity contribution is -0.142. The molecular weight excluding hydrogens is 234 g/mol. The number of carbonyl (C=O) groups is 1. The Morgan fingerprint density at radius 1 is 1.56 bits per heavy atom. The van der Waals surface area contributed by atoms with Gasteiger partial charge in [0.15, 0.2) is 0 Å². The van der Waals surface area contributed by atoms with Gasteiger partial charge in [-0.15, -0.1) is 0 Å².